The summed E-state index contributed by atoms with van der Waals surface area (Å²) in [6.07, 6.45) is 3.05. The molecule has 1 aliphatic carbocycles. The number of ketones is 1. The van der Waals surface area contributed by atoms with Crippen molar-refractivity contribution in [1.82, 2.24) is 4.90 Å². The van der Waals surface area contributed by atoms with Crippen molar-refractivity contribution in [2.45, 2.75) is 26.2 Å². The maximum atomic E-state index is 12.9. The molecule has 0 unspecified atom stereocenters. The van der Waals surface area contributed by atoms with Crippen LogP contribution in [0.3, 0.4) is 0 Å². The number of hydrogen-bond acceptors (Lipinski definition) is 5. The molecule has 4 rings (SSSR count). The molecular weight excluding hydrogens is 366 g/mol. The van der Waals surface area contributed by atoms with Crippen LogP contribution in [0.2, 0.25) is 0 Å². The summed E-state index contributed by atoms with van der Waals surface area (Å²) in [5, 5.41) is 0. The average molecular weight is 395 g/mol. The number of ether oxygens (including phenoxy) is 3. The van der Waals surface area contributed by atoms with E-state index < -0.39 is 0 Å². The fourth-order valence-corrected chi connectivity index (χ4v) is 3.91. The van der Waals surface area contributed by atoms with Gasteiger partial charge in [-0.05, 0) is 42.7 Å². The first-order chi connectivity index (χ1) is 14.3. The molecule has 2 aromatic rings. The van der Waals surface area contributed by atoms with Gasteiger partial charge in [0.2, 0.25) is 0 Å². The van der Waals surface area contributed by atoms with Gasteiger partial charge >= 0.3 is 0 Å². The molecule has 2 aliphatic rings. The summed E-state index contributed by atoms with van der Waals surface area (Å²) < 4.78 is 17.3. The highest BCUT2D eigenvalue weighted by molar-refractivity contribution is 6.22. The first-order valence-corrected chi connectivity index (χ1v) is 10.7. The van der Waals surface area contributed by atoms with Crippen molar-refractivity contribution in [3.05, 3.63) is 47.5 Å². The van der Waals surface area contributed by atoms with Gasteiger partial charge in [-0.25, -0.2) is 0 Å². The zero-order chi connectivity index (χ0) is 20.1. The average Bonchev–Trinajstić information content (AvgIpc) is 3.05. The van der Waals surface area contributed by atoms with Gasteiger partial charge in [0.05, 0.1) is 26.4 Å². The minimum atomic E-state index is 0.0507. The Morgan fingerprint density at radius 3 is 2.62 bits per heavy atom. The Labute approximate surface area is 172 Å². The van der Waals surface area contributed by atoms with E-state index in [4.69, 9.17) is 14.2 Å². The zero-order valence-corrected chi connectivity index (χ0v) is 17.1. The van der Waals surface area contributed by atoms with Crippen molar-refractivity contribution in [3.63, 3.8) is 0 Å². The molecule has 5 nitrogen and oxygen atoms in total. The number of unbranched alkanes of at least 4 members (excludes halogenated alkanes) is 1. The molecule has 1 saturated heterocycles. The summed E-state index contributed by atoms with van der Waals surface area (Å²) in [5.41, 5.74) is 3.28. The van der Waals surface area contributed by atoms with Gasteiger partial charge in [0, 0.05) is 36.3 Å². The summed E-state index contributed by atoms with van der Waals surface area (Å²) in [6, 6.07) is 11.6. The second-order valence-electron chi connectivity index (χ2n) is 7.57. The van der Waals surface area contributed by atoms with Gasteiger partial charge in [-0.2, -0.15) is 0 Å². The van der Waals surface area contributed by atoms with Crippen molar-refractivity contribution in [1.29, 1.82) is 0 Å². The molecule has 0 aromatic heterocycles. The predicted octanol–water partition coefficient (Wildman–Crippen LogP) is 4.18. The maximum absolute atomic E-state index is 12.9. The molecule has 0 spiro atoms. The first-order valence-electron chi connectivity index (χ1n) is 10.7. The number of hydrogen-bond donors (Lipinski definition) is 0. The van der Waals surface area contributed by atoms with Crippen molar-refractivity contribution in [2.24, 2.45) is 0 Å². The van der Waals surface area contributed by atoms with Crippen LogP contribution in [0.15, 0.2) is 36.4 Å². The van der Waals surface area contributed by atoms with Gasteiger partial charge in [-0.3, -0.25) is 9.69 Å². The summed E-state index contributed by atoms with van der Waals surface area (Å²) in [5.74, 6) is 1.59. The Bertz CT molecular complexity index is 858. The summed E-state index contributed by atoms with van der Waals surface area (Å²) in [7, 11) is 0. The standard InChI is InChI=1S/C24H29NO4/c1-2-3-13-28-18-8-9-19-21(17-18)24(26)20-6-4-7-22(23(19)20)29-14-5-10-25-11-15-27-16-12-25/h4,6-9,17H,2-3,5,10-16H2,1H3. The number of benzene rings is 2. The third-order valence-corrected chi connectivity index (χ3v) is 5.52. The Hall–Kier alpha value is -2.37. The zero-order valence-electron chi connectivity index (χ0n) is 17.1. The molecule has 0 N–H and O–H groups in total. The third kappa shape index (κ3) is 4.46. The Kier molecular flexibility index (Phi) is 6.47. The van der Waals surface area contributed by atoms with E-state index in [1.165, 1.54) is 0 Å². The van der Waals surface area contributed by atoms with Crippen molar-refractivity contribution < 1.29 is 19.0 Å². The topological polar surface area (TPSA) is 48.0 Å². The van der Waals surface area contributed by atoms with Crippen LogP contribution in [0.25, 0.3) is 11.1 Å². The first kappa shape index (κ1) is 19.9. The van der Waals surface area contributed by atoms with Gasteiger partial charge in [-0.15, -0.1) is 0 Å². The van der Waals surface area contributed by atoms with E-state index in [1.54, 1.807) is 0 Å². The smallest absolute Gasteiger partial charge is 0.194 e. The molecule has 0 saturated carbocycles. The Balaban J connectivity index is 1.44. The van der Waals surface area contributed by atoms with Gasteiger partial charge in [-0.1, -0.05) is 25.5 Å². The minimum Gasteiger partial charge on any atom is -0.494 e. The van der Waals surface area contributed by atoms with E-state index >= 15 is 0 Å². The molecule has 0 bridgehead atoms. The largest absolute Gasteiger partial charge is 0.494 e. The van der Waals surface area contributed by atoms with Crippen molar-refractivity contribution in [2.75, 3.05) is 46.1 Å². The fraction of sp³-hybridized carbons (Fsp3) is 0.458. The molecular formula is C24H29NO4. The molecule has 1 fully saturated rings. The van der Waals surface area contributed by atoms with Crippen molar-refractivity contribution >= 4 is 5.78 Å². The van der Waals surface area contributed by atoms with Gasteiger partial charge < -0.3 is 14.2 Å². The van der Waals surface area contributed by atoms with E-state index in [0.717, 1.165) is 80.3 Å². The van der Waals surface area contributed by atoms with Crippen LogP contribution >= 0.6 is 0 Å². The minimum absolute atomic E-state index is 0.0507. The lowest BCUT2D eigenvalue weighted by atomic mass is 10.0. The van der Waals surface area contributed by atoms with Crippen LogP contribution in [-0.4, -0.2) is 56.7 Å². The second-order valence-corrected chi connectivity index (χ2v) is 7.57. The normalized spacial score (nSPS) is 15.8. The Morgan fingerprint density at radius 1 is 0.966 bits per heavy atom. The second kappa shape index (κ2) is 9.42. The highest BCUT2D eigenvalue weighted by Crippen LogP contribution is 2.43. The highest BCUT2D eigenvalue weighted by atomic mass is 16.5. The number of nitrogens with zero attached hydrogens (tertiary/aromatic N) is 1. The van der Waals surface area contributed by atoms with Crippen LogP contribution in [0, 0.1) is 0 Å². The third-order valence-electron chi connectivity index (χ3n) is 5.52. The number of morpholine rings is 1. The van der Waals surface area contributed by atoms with Crippen LogP contribution in [0.5, 0.6) is 11.5 Å². The molecule has 1 aliphatic heterocycles. The van der Waals surface area contributed by atoms with Crippen LogP contribution in [-0.2, 0) is 4.74 Å². The van der Waals surface area contributed by atoms with E-state index in [0.29, 0.717) is 18.8 Å². The van der Waals surface area contributed by atoms with E-state index in [9.17, 15) is 4.79 Å². The molecule has 154 valence electrons. The lowest BCUT2D eigenvalue weighted by molar-refractivity contribution is 0.0358. The van der Waals surface area contributed by atoms with Crippen LogP contribution in [0.4, 0.5) is 0 Å². The Morgan fingerprint density at radius 2 is 1.79 bits per heavy atom. The monoisotopic (exact) mass is 395 g/mol. The SMILES string of the molecule is CCCCOc1ccc2c(c1)C(=O)c1cccc(OCCCN3CCOCC3)c1-2. The highest BCUT2D eigenvalue weighted by Gasteiger charge is 2.30. The van der Waals surface area contributed by atoms with Crippen molar-refractivity contribution in [3.8, 4) is 22.6 Å². The van der Waals surface area contributed by atoms with E-state index in [-0.39, 0.29) is 5.78 Å². The lowest BCUT2D eigenvalue weighted by Crippen LogP contribution is -2.37. The predicted molar refractivity (Wildman–Crippen MR) is 113 cm³/mol. The molecule has 29 heavy (non-hydrogen) atoms. The van der Waals surface area contributed by atoms with Crippen LogP contribution < -0.4 is 9.47 Å². The molecule has 2 aromatic carbocycles. The molecule has 5 heteroatoms. The van der Waals surface area contributed by atoms with Gasteiger partial charge in [0.25, 0.3) is 0 Å². The number of carbonyl (C=O) groups excluding carboxylic acids is 1. The van der Waals surface area contributed by atoms with Gasteiger partial charge in [0.1, 0.15) is 11.5 Å². The number of rotatable bonds is 9. The number of carbonyl (C=O) groups is 1. The van der Waals surface area contributed by atoms with E-state index in [2.05, 4.69) is 11.8 Å². The lowest BCUT2D eigenvalue weighted by Gasteiger charge is -2.26. The van der Waals surface area contributed by atoms with E-state index in [1.807, 2.05) is 36.4 Å². The summed E-state index contributed by atoms with van der Waals surface area (Å²) in [6.45, 7) is 8.06. The number of fused-ring (bicyclic) bond motifs is 3. The quantitative estimate of drug-likeness (QED) is 0.509. The summed E-state index contributed by atoms with van der Waals surface area (Å²) >= 11 is 0. The summed E-state index contributed by atoms with van der Waals surface area (Å²) in [4.78, 5) is 15.3. The maximum Gasteiger partial charge on any atom is 0.194 e. The van der Waals surface area contributed by atoms with Gasteiger partial charge in [0.15, 0.2) is 5.78 Å². The molecule has 0 radical (unpaired) electrons. The molecule has 0 amide bonds. The molecule has 1 heterocycles. The fourth-order valence-electron chi connectivity index (χ4n) is 3.91. The molecule has 0 atom stereocenters. The van der Waals surface area contributed by atoms with Crippen LogP contribution in [0.1, 0.15) is 42.1 Å².